The highest BCUT2D eigenvalue weighted by atomic mass is 16.5. The normalized spacial score (nSPS) is 10.7. The van der Waals surface area contributed by atoms with Gasteiger partial charge in [-0.25, -0.2) is 0 Å². The largest absolute Gasteiger partial charge is 0.494 e. The maximum absolute atomic E-state index is 12.5. The predicted molar refractivity (Wildman–Crippen MR) is 86.2 cm³/mol. The lowest BCUT2D eigenvalue weighted by atomic mass is 9.98. The summed E-state index contributed by atoms with van der Waals surface area (Å²) >= 11 is 0. The van der Waals surface area contributed by atoms with E-state index in [9.17, 15) is 4.79 Å². The van der Waals surface area contributed by atoms with E-state index < -0.39 is 0 Å². The van der Waals surface area contributed by atoms with Crippen LogP contribution in [-0.2, 0) is 0 Å². The molecule has 0 saturated heterocycles. The van der Waals surface area contributed by atoms with E-state index >= 15 is 0 Å². The summed E-state index contributed by atoms with van der Waals surface area (Å²) in [6.07, 6.45) is 0.953. The second-order valence-electron chi connectivity index (χ2n) is 5.48. The fraction of sp³-hybridized carbons (Fsp3) is 0.316. The van der Waals surface area contributed by atoms with Crippen LogP contribution in [0.15, 0.2) is 48.5 Å². The van der Waals surface area contributed by atoms with Crippen molar-refractivity contribution in [3.8, 4) is 5.75 Å². The Morgan fingerprint density at radius 2 is 1.76 bits per heavy atom. The highest BCUT2D eigenvalue weighted by Gasteiger charge is 2.10. The van der Waals surface area contributed by atoms with Crippen molar-refractivity contribution in [3.63, 3.8) is 0 Å². The Morgan fingerprint density at radius 1 is 1.05 bits per heavy atom. The van der Waals surface area contributed by atoms with E-state index in [4.69, 9.17) is 4.74 Å². The number of ether oxygens (including phenoxy) is 1. The fourth-order valence-corrected chi connectivity index (χ4v) is 2.13. The Bertz CT molecular complexity index is 597. The van der Waals surface area contributed by atoms with E-state index in [0.717, 1.165) is 12.2 Å². The number of hydrogen-bond acceptors (Lipinski definition) is 2. The molecule has 2 rings (SSSR count). The summed E-state index contributed by atoms with van der Waals surface area (Å²) in [4.78, 5) is 12.5. The molecule has 0 amide bonds. The Hall–Kier alpha value is -2.09. The van der Waals surface area contributed by atoms with E-state index in [2.05, 4.69) is 20.8 Å². The lowest BCUT2D eigenvalue weighted by Gasteiger charge is -2.08. The van der Waals surface area contributed by atoms with Crippen LogP contribution < -0.4 is 4.74 Å². The van der Waals surface area contributed by atoms with Gasteiger partial charge in [0.1, 0.15) is 5.75 Å². The molecule has 2 heteroatoms. The second kappa shape index (κ2) is 7.07. The van der Waals surface area contributed by atoms with Crippen molar-refractivity contribution >= 4 is 5.78 Å². The Labute approximate surface area is 126 Å². The van der Waals surface area contributed by atoms with E-state index in [1.54, 1.807) is 0 Å². The van der Waals surface area contributed by atoms with Gasteiger partial charge in [-0.05, 0) is 30.0 Å². The van der Waals surface area contributed by atoms with E-state index in [-0.39, 0.29) is 5.78 Å². The van der Waals surface area contributed by atoms with Gasteiger partial charge >= 0.3 is 0 Å². The lowest BCUT2D eigenvalue weighted by molar-refractivity contribution is 0.103. The number of carbonyl (C=O) groups is 1. The van der Waals surface area contributed by atoms with Crippen molar-refractivity contribution in [2.45, 2.75) is 33.1 Å². The minimum atomic E-state index is 0.0345. The third-order valence-corrected chi connectivity index (χ3v) is 3.41. The smallest absolute Gasteiger partial charge is 0.193 e. The molecule has 0 saturated carbocycles. The van der Waals surface area contributed by atoms with Crippen LogP contribution in [0, 0.1) is 0 Å². The fourth-order valence-electron chi connectivity index (χ4n) is 2.13. The third kappa shape index (κ3) is 3.94. The average Bonchev–Trinajstić information content (AvgIpc) is 2.52. The maximum Gasteiger partial charge on any atom is 0.193 e. The molecule has 0 aromatic heterocycles. The molecule has 110 valence electrons. The minimum Gasteiger partial charge on any atom is -0.494 e. The van der Waals surface area contributed by atoms with Crippen molar-refractivity contribution in [1.29, 1.82) is 0 Å². The standard InChI is InChI=1S/C19H22O2/c1-4-12-21-18-7-5-6-17(13-18)19(20)16-10-8-15(9-11-16)14(2)3/h5-11,13-14H,4,12H2,1-3H3. The average molecular weight is 282 g/mol. The summed E-state index contributed by atoms with van der Waals surface area (Å²) < 4.78 is 5.58. The highest BCUT2D eigenvalue weighted by molar-refractivity contribution is 6.09. The van der Waals surface area contributed by atoms with Crippen molar-refractivity contribution in [2.24, 2.45) is 0 Å². The van der Waals surface area contributed by atoms with Gasteiger partial charge in [-0.15, -0.1) is 0 Å². The van der Waals surface area contributed by atoms with E-state index in [1.165, 1.54) is 5.56 Å². The molecular weight excluding hydrogens is 260 g/mol. The van der Waals surface area contributed by atoms with Gasteiger partial charge in [0.2, 0.25) is 0 Å². The van der Waals surface area contributed by atoms with Crippen molar-refractivity contribution in [1.82, 2.24) is 0 Å². The Kier molecular flexibility index (Phi) is 5.15. The first kappa shape index (κ1) is 15.3. The van der Waals surface area contributed by atoms with Crippen LogP contribution in [0.5, 0.6) is 5.75 Å². The quantitative estimate of drug-likeness (QED) is 0.709. The molecule has 0 fully saturated rings. The van der Waals surface area contributed by atoms with Crippen LogP contribution in [0.2, 0.25) is 0 Å². The van der Waals surface area contributed by atoms with Crippen LogP contribution in [0.3, 0.4) is 0 Å². The third-order valence-electron chi connectivity index (χ3n) is 3.41. The van der Waals surface area contributed by atoms with Crippen molar-refractivity contribution in [3.05, 3.63) is 65.2 Å². The first-order valence-corrected chi connectivity index (χ1v) is 7.49. The summed E-state index contributed by atoms with van der Waals surface area (Å²) in [7, 11) is 0. The topological polar surface area (TPSA) is 26.3 Å². The molecule has 0 aliphatic heterocycles. The molecule has 0 heterocycles. The molecule has 2 aromatic rings. The summed E-state index contributed by atoms with van der Waals surface area (Å²) in [5.41, 5.74) is 2.62. The Balaban J connectivity index is 2.19. The van der Waals surface area contributed by atoms with Crippen molar-refractivity contribution < 1.29 is 9.53 Å². The molecule has 21 heavy (non-hydrogen) atoms. The second-order valence-corrected chi connectivity index (χ2v) is 5.48. The lowest BCUT2D eigenvalue weighted by Crippen LogP contribution is -2.03. The van der Waals surface area contributed by atoms with Crippen LogP contribution in [0.1, 0.15) is 54.6 Å². The number of rotatable bonds is 6. The molecule has 0 radical (unpaired) electrons. The van der Waals surface area contributed by atoms with Gasteiger partial charge in [0, 0.05) is 11.1 Å². The van der Waals surface area contributed by atoms with E-state index in [0.29, 0.717) is 23.7 Å². The molecule has 0 unspecified atom stereocenters. The zero-order valence-corrected chi connectivity index (χ0v) is 12.9. The van der Waals surface area contributed by atoms with Crippen LogP contribution >= 0.6 is 0 Å². The van der Waals surface area contributed by atoms with Crippen LogP contribution in [0.25, 0.3) is 0 Å². The van der Waals surface area contributed by atoms with Gasteiger partial charge in [0.25, 0.3) is 0 Å². The van der Waals surface area contributed by atoms with E-state index in [1.807, 2.05) is 48.5 Å². The summed E-state index contributed by atoms with van der Waals surface area (Å²) in [5, 5.41) is 0. The monoisotopic (exact) mass is 282 g/mol. The molecule has 0 atom stereocenters. The van der Waals surface area contributed by atoms with Crippen LogP contribution in [-0.4, -0.2) is 12.4 Å². The number of carbonyl (C=O) groups excluding carboxylic acids is 1. The molecule has 0 spiro atoms. The first-order chi connectivity index (χ1) is 10.1. The Morgan fingerprint density at radius 3 is 2.38 bits per heavy atom. The summed E-state index contributed by atoms with van der Waals surface area (Å²) in [6.45, 7) is 7.02. The SMILES string of the molecule is CCCOc1cccc(C(=O)c2ccc(C(C)C)cc2)c1. The number of benzene rings is 2. The van der Waals surface area contributed by atoms with Crippen molar-refractivity contribution in [2.75, 3.05) is 6.61 Å². The number of hydrogen-bond donors (Lipinski definition) is 0. The zero-order chi connectivity index (χ0) is 15.2. The molecule has 2 aromatic carbocycles. The van der Waals surface area contributed by atoms with Gasteiger partial charge in [-0.2, -0.15) is 0 Å². The van der Waals surface area contributed by atoms with Gasteiger partial charge in [-0.1, -0.05) is 57.2 Å². The zero-order valence-electron chi connectivity index (χ0n) is 12.9. The molecular formula is C19H22O2. The summed E-state index contributed by atoms with van der Waals surface area (Å²) in [5.74, 6) is 1.26. The number of ketones is 1. The molecule has 0 aliphatic rings. The molecule has 0 bridgehead atoms. The van der Waals surface area contributed by atoms with Gasteiger partial charge in [0.15, 0.2) is 5.78 Å². The summed E-state index contributed by atoms with van der Waals surface area (Å²) in [6, 6.07) is 15.2. The predicted octanol–water partition coefficient (Wildman–Crippen LogP) is 4.83. The molecule has 0 N–H and O–H groups in total. The highest BCUT2D eigenvalue weighted by Crippen LogP contribution is 2.19. The molecule has 2 nitrogen and oxygen atoms in total. The van der Waals surface area contributed by atoms with Gasteiger partial charge in [-0.3, -0.25) is 4.79 Å². The molecule has 0 aliphatic carbocycles. The minimum absolute atomic E-state index is 0.0345. The van der Waals surface area contributed by atoms with Gasteiger partial charge < -0.3 is 4.74 Å². The van der Waals surface area contributed by atoms with Gasteiger partial charge in [0.05, 0.1) is 6.61 Å². The van der Waals surface area contributed by atoms with Crippen LogP contribution in [0.4, 0.5) is 0 Å². The first-order valence-electron chi connectivity index (χ1n) is 7.49. The maximum atomic E-state index is 12.5.